The van der Waals surface area contributed by atoms with E-state index in [1.54, 1.807) is 0 Å². The average molecular weight is 288 g/mol. The number of Topliss-reactive ketones (excluding diaryl/α,β-unsaturated/α-hetero) is 1. The van der Waals surface area contributed by atoms with Crippen LogP contribution in [0.2, 0.25) is 0 Å². The minimum Gasteiger partial charge on any atom is -0.494 e. The number of nitrogens with zero attached hydrogens (tertiary/aromatic N) is 1. The molecular weight excluding hydrogens is 278 g/mol. The van der Waals surface area contributed by atoms with Crippen molar-refractivity contribution in [1.29, 1.82) is 0 Å². The molecule has 86 valence electrons. The van der Waals surface area contributed by atoms with Crippen molar-refractivity contribution in [3.8, 4) is 5.75 Å². The van der Waals surface area contributed by atoms with Crippen LogP contribution >= 0.6 is 15.9 Å². The molecule has 1 aromatic heterocycles. The van der Waals surface area contributed by atoms with Crippen LogP contribution in [0.1, 0.15) is 16.8 Å². The quantitative estimate of drug-likeness (QED) is 0.478. The van der Waals surface area contributed by atoms with E-state index in [0.29, 0.717) is 15.8 Å². The predicted molar refractivity (Wildman–Crippen MR) is 59.5 cm³/mol. The zero-order valence-electron chi connectivity index (χ0n) is 8.82. The van der Waals surface area contributed by atoms with E-state index in [1.807, 2.05) is 0 Å². The highest BCUT2D eigenvalue weighted by atomic mass is 79.9. The van der Waals surface area contributed by atoms with Crippen LogP contribution in [0.3, 0.4) is 0 Å². The number of methoxy groups -OCH3 is 2. The third-order valence-electron chi connectivity index (χ3n) is 1.90. The first kappa shape index (κ1) is 12.6. The number of aromatic nitrogens is 1. The number of halogens is 1. The number of ketones is 1. The lowest BCUT2D eigenvalue weighted by atomic mass is 10.1. The normalized spacial score (nSPS) is 9.69. The molecule has 0 saturated heterocycles. The van der Waals surface area contributed by atoms with Gasteiger partial charge in [0.2, 0.25) is 0 Å². The summed E-state index contributed by atoms with van der Waals surface area (Å²) in [5, 5.41) is 0. The van der Waals surface area contributed by atoms with Crippen LogP contribution in [0, 0.1) is 0 Å². The third-order valence-corrected chi connectivity index (χ3v) is 2.50. The fourth-order valence-corrected chi connectivity index (χ4v) is 1.67. The van der Waals surface area contributed by atoms with Crippen LogP contribution in [-0.2, 0) is 9.53 Å². The summed E-state index contributed by atoms with van der Waals surface area (Å²) in [4.78, 5) is 26.6. The highest BCUT2D eigenvalue weighted by Gasteiger charge is 2.19. The van der Waals surface area contributed by atoms with Gasteiger partial charge >= 0.3 is 5.97 Å². The maximum atomic E-state index is 11.8. The smallest absolute Gasteiger partial charge is 0.313 e. The largest absolute Gasteiger partial charge is 0.494 e. The van der Waals surface area contributed by atoms with Crippen molar-refractivity contribution < 1.29 is 19.1 Å². The van der Waals surface area contributed by atoms with Crippen LogP contribution < -0.4 is 4.74 Å². The molecule has 0 spiro atoms. The van der Waals surface area contributed by atoms with Crippen molar-refractivity contribution in [3.63, 3.8) is 0 Å². The Morgan fingerprint density at radius 2 is 2.06 bits per heavy atom. The molecule has 0 amide bonds. The number of hydrogen-bond donors (Lipinski definition) is 0. The number of esters is 1. The SMILES string of the molecule is COC(=O)CC(=O)c1c(Br)cncc1OC. The van der Waals surface area contributed by atoms with Crippen LogP contribution in [0.4, 0.5) is 0 Å². The summed E-state index contributed by atoms with van der Waals surface area (Å²) in [5.41, 5.74) is 0.294. The van der Waals surface area contributed by atoms with Crippen LogP contribution in [0.15, 0.2) is 16.9 Å². The number of ether oxygens (including phenoxy) is 2. The molecule has 1 aromatic rings. The minimum atomic E-state index is -0.587. The fourth-order valence-electron chi connectivity index (χ4n) is 1.13. The second-order valence-electron chi connectivity index (χ2n) is 2.87. The Bertz CT molecular complexity index is 419. The van der Waals surface area contributed by atoms with Gasteiger partial charge in [-0.25, -0.2) is 0 Å². The molecule has 0 N–H and O–H groups in total. The van der Waals surface area contributed by atoms with Gasteiger partial charge in [0, 0.05) is 6.20 Å². The van der Waals surface area contributed by atoms with E-state index < -0.39 is 5.97 Å². The van der Waals surface area contributed by atoms with E-state index in [9.17, 15) is 9.59 Å². The van der Waals surface area contributed by atoms with Gasteiger partial charge < -0.3 is 9.47 Å². The zero-order chi connectivity index (χ0) is 12.1. The lowest BCUT2D eigenvalue weighted by Crippen LogP contribution is -2.11. The number of rotatable bonds is 4. The summed E-state index contributed by atoms with van der Waals surface area (Å²) < 4.78 is 9.91. The Morgan fingerprint density at radius 1 is 1.38 bits per heavy atom. The van der Waals surface area contributed by atoms with Crippen molar-refractivity contribution in [3.05, 3.63) is 22.4 Å². The molecule has 0 saturated carbocycles. The molecule has 0 unspecified atom stereocenters. The average Bonchev–Trinajstić information content (AvgIpc) is 2.28. The summed E-state index contributed by atoms with van der Waals surface area (Å²) in [5.74, 6) is -0.642. The van der Waals surface area contributed by atoms with E-state index in [4.69, 9.17) is 4.74 Å². The van der Waals surface area contributed by atoms with Crippen molar-refractivity contribution in [2.45, 2.75) is 6.42 Å². The Hall–Kier alpha value is -1.43. The van der Waals surface area contributed by atoms with Crippen molar-refractivity contribution in [2.24, 2.45) is 0 Å². The van der Waals surface area contributed by atoms with E-state index >= 15 is 0 Å². The molecule has 0 aromatic carbocycles. The lowest BCUT2D eigenvalue weighted by molar-refractivity contribution is -0.139. The highest BCUT2D eigenvalue weighted by molar-refractivity contribution is 9.10. The van der Waals surface area contributed by atoms with E-state index in [-0.39, 0.29) is 12.2 Å². The summed E-state index contributed by atoms with van der Waals surface area (Å²) in [7, 11) is 2.66. The van der Waals surface area contributed by atoms with Gasteiger partial charge in [0.1, 0.15) is 12.2 Å². The molecule has 1 heterocycles. The van der Waals surface area contributed by atoms with Crippen molar-refractivity contribution in [2.75, 3.05) is 14.2 Å². The first-order valence-electron chi connectivity index (χ1n) is 4.37. The van der Waals surface area contributed by atoms with Gasteiger partial charge in [0.05, 0.1) is 30.5 Å². The molecule has 16 heavy (non-hydrogen) atoms. The molecule has 0 atom stereocenters. The molecule has 0 aliphatic rings. The van der Waals surface area contributed by atoms with Gasteiger partial charge in [-0.05, 0) is 15.9 Å². The topological polar surface area (TPSA) is 65.5 Å². The maximum absolute atomic E-state index is 11.8. The highest BCUT2D eigenvalue weighted by Crippen LogP contribution is 2.26. The second-order valence-corrected chi connectivity index (χ2v) is 3.73. The van der Waals surface area contributed by atoms with Crippen molar-refractivity contribution in [1.82, 2.24) is 4.98 Å². The van der Waals surface area contributed by atoms with Gasteiger partial charge in [-0.1, -0.05) is 0 Å². The lowest BCUT2D eigenvalue weighted by Gasteiger charge is -2.07. The second kappa shape index (κ2) is 5.60. The zero-order valence-corrected chi connectivity index (χ0v) is 10.4. The number of carbonyl (C=O) groups is 2. The number of pyridine rings is 1. The fraction of sp³-hybridized carbons (Fsp3) is 0.300. The van der Waals surface area contributed by atoms with Gasteiger partial charge in [0.15, 0.2) is 5.78 Å². The summed E-state index contributed by atoms with van der Waals surface area (Å²) >= 11 is 3.18. The maximum Gasteiger partial charge on any atom is 0.313 e. The van der Waals surface area contributed by atoms with E-state index in [2.05, 4.69) is 25.7 Å². The van der Waals surface area contributed by atoms with Crippen LogP contribution in [0.25, 0.3) is 0 Å². The molecule has 5 nitrogen and oxygen atoms in total. The Kier molecular flexibility index (Phi) is 4.42. The van der Waals surface area contributed by atoms with Crippen LogP contribution in [-0.4, -0.2) is 31.0 Å². The number of carbonyl (C=O) groups excluding carboxylic acids is 2. The molecular formula is C10H10BrNO4. The molecule has 0 bridgehead atoms. The summed E-state index contributed by atoms with van der Waals surface area (Å²) in [6.45, 7) is 0. The Labute approximate surface area is 101 Å². The van der Waals surface area contributed by atoms with Crippen LogP contribution in [0.5, 0.6) is 5.75 Å². The molecule has 0 aliphatic carbocycles. The summed E-state index contributed by atoms with van der Waals surface area (Å²) in [6, 6.07) is 0. The van der Waals surface area contributed by atoms with Gasteiger partial charge in [-0.15, -0.1) is 0 Å². The molecule has 0 fully saturated rings. The van der Waals surface area contributed by atoms with E-state index in [0.717, 1.165) is 0 Å². The first-order valence-corrected chi connectivity index (χ1v) is 5.17. The molecule has 1 rings (SSSR count). The summed E-state index contributed by atoms with van der Waals surface area (Å²) in [6.07, 6.45) is 2.55. The van der Waals surface area contributed by atoms with Crippen molar-refractivity contribution >= 4 is 27.7 Å². The number of hydrogen-bond acceptors (Lipinski definition) is 5. The Morgan fingerprint density at radius 3 is 2.62 bits per heavy atom. The first-order chi connectivity index (χ1) is 7.60. The van der Waals surface area contributed by atoms with E-state index in [1.165, 1.54) is 26.6 Å². The van der Waals surface area contributed by atoms with Gasteiger partial charge in [-0.3, -0.25) is 14.6 Å². The molecule has 6 heteroatoms. The molecule has 0 aliphatic heterocycles. The minimum absolute atomic E-state index is 0.294. The third kappa shape index (κ3) is 2.79. The molecule has 0 radical (unpaired) electrons. The standard InChI is InChI=1S/C10H10BrNO4/c1-15-8-5-12-4-6(11)10(8)7(13)3-9(14)16-2/h4-5H,3H2,1-2H3. The Balaban J connectivity index is 3.02. The monoisotopic (exact) mass is 287 g/mol. The van der Waals surface area contributed by atoms with Gasteiger partial charge in [-0.2, -0.15) is 0 Å². The van der Waals surface area contributed by atoms with Gasteiger partial charge in [0.25, 0.3) is 0 Å². The predicted octanol–water partition coefficient (Wildman–Crippen LogP) is 1.60.